The Balaban J connectivity index is 2.61. The molecular formula is C10H9ClO. The summed E-state index contributed by atoms with van der Waals surface area (Å²) in [6.07, 6.45) is 0.799. The molecule has 12 heavy (non-hydrogen) atoms. The van der Waals surface area contributed by atoms with E-state index in [4.69, 9.17) is 11.6 Å². The number of hydrogen-bond acceptors (Lipinski definition) is 1. The van der Waals surface area contributed by atoms with Crippen LogP contribution in [0.15, 0.2) is 18.2 Å². The van der Waals surface area contributed by atoms with Crippen LogP contribution in [-0.4, -0.2) is 5.78 Å². The summed E-state index contributed by atoms with van der Waals surface area (Å²) in [5.74, 6) is 0.340. The van der Waals surface area contributed by atoms with E-state index in [9.17, 15) is 4.79 Å². The topological polar surface area (TPSA) is 17.1 Å². The Kier molecular flexibility index (Phi) is 1.69. The standard InChI is InChI=1S/C10H9ClO/c1-6-5-8-7(10(6)12)3-2-4-9(8)11/h2-4,6H,5H2,1H3/t6-/m0/s1. The van der Waals surface area contributed by atoms with Crippen LogP contribution in [0, 0.1) is 5.92 Å². The van der Waals surface area contributed by atoms with E-state index < -0.39 is 0 Å². The highest BCUT2D eigenvalue weighted by Crippen LogP contribution is 2.31. The molecule has 2 heteroatoms. The van der Waals surface area contributed by atoms with Crippen molar-refractivity contribution in [1.29, 1.82) is 0 Å². The van der Waals surface area contributed by atoms with Crippen molar-refractivity contribution in [3.05, 3.63) is 34.3 Å². The van der Waals surface area contributed by atoms with Crippen molar-refractivity contribution < 1.29 is 4.79 Å². The molecule has 2 rings (SSSR count). The predicted octanol–water partition coefficient (Wildman–Crippen LogP) is 2.71. The van der Waals surface area contributed by atoms with E-state index >= 15 is 0 Å². The van der Waals surface area contributed by atoms with Gasteiger partial charge in [0.1, 0.15) is 0 Å². The number of carbonyl (C=O) groups excluding carboxylic acids is 1. The van der Waals surface area contributed by atoms with Gasteiger partial charge in [-0.1, -0.05) is 30.7 Å². The summed E-state index contributed by atoms with van der Waals surface area (Å²) >= 11 is 5.95. The van der Waals surface area contributed by atoms with Gasteiger partial charge in [0.15, 0.2) is 5.78 Å². The molecule has 1 aliphatic rings. The highest BCUT2D eigenvalue weighted by molar-refractivity contribution is 6.32. The van der Waals surface area contributed by atoms with Gasteiger partial charge in [-0.15, -0.1) is 0 Å². The largest absolute Gasteiger partial charge is 0.294 e. The van der Waals surface area contributed by atoms with Gasteiger partial charge in [-0.2, -0.15) is 0 Å². The molecule has 62 valence electrons. The minimum absolute atomic E-state index is 0.111. The third kappa shape index (κ3) is 0.969. The lowest BCUT2D eigenvalue weighted by Crippen LogP contribution is -2.02. The number of rotatable bonds is 0. The molecule has 0 radical (unpaired) electrons. The molecule has 0 saturated carbocycles. The van der Waals surface area contributed by atoms with Crippen molar-refractivity contribution in [2.75, 3.05) is 0 Å². The van der Waals surface area contributed by atoms with Crippen LogP contribution in [0.1, 0.15) is 22.8 Å². The van der Waals surface area contributed by atoms with Crippen LogP contribution in [0.25, 0.3) is 0 Å². The summed E-state index contributed by atoms with van der Waals surface area (Å²) in [7, 11) is 0. The van der Waals surface area contributed by atoms with Gasteiger partial charge in [0, 0.05) is 16.5 Å². The van der Waals surface area contributed by atoms with Crippen LogP contribution in [-0.2, 0) is 6.42 Å². The molecule has 0 aromatic heterocycles. The maximum absolute atomic E-state index is 11.5. The fraction of sp³-hybridized carbons (Fsp3) is 0.300. The van der Waals surface area contributed by atoms with E-state index in [-0.39, 0.29) is 11.7 Å². The van der Waals surface area contributed by atoms with Crippen LogP contribution in [0.4, 0.5) is 0 Å². The van der Waals surface area contributed by atoms with E-state index in [2.05, 4.69) is 0 Å². The third-order valence-electron chi connectivity index (χ3n) is 2.34. The minimum atomic E-state index is 0.111. The zero-order valence-electron chi connectivity index (χ0n) is 6.80. The Bertz CT molecular complexity index is 344. The van der Waals surface area contributed by atoms with Crippen LogP contribution < -0.4 is 0 Å². The van der Waals surface area contributed by atoms with E-state index in [0.29, 0.717) is 0 Å². The Morgan fingerprint density at radius 3 is 2.92 bits per heavy atom. The molecule has 1 atom stereocenters. The fourth-order valence-corrected chi connectivity index (χ4v) is 1.91. The van der Waals surface area contributed by atoms with Gasteiger partial charge in [-0.25, -0.2) is 0 Å². The lowest BCUT2D eigenvalue weighted by molar-refractivity contribution is 0.0946. The summed E-state index contributed by atoms with van der Waals surface area (Å²) in [6.45, 7) is 1.94. The van der Waals surface area contributed by atoms with Gasteiger partial charge in [-0.05, 0) is 18.1 Å². The van der Waals surface area contributed by atoms with Gasteiger partial charge < -0.3 is 0 Å². The lowest BCUT2D eigenvalue weighted by atomic mass is 10.1. The van der Waals surface area contributed by atoms with Crippen molar-refractivity contribution in [2.24, 2.45) is 5.92 Å². The Hall–Kier alpha value is -0.820. The molecule has 1 aromatic carbocycles. The number of ketones is 1. The average Bonchev–Trinajstić information content (AvgIpc) is 2.32. The first-order valence-corrected chi connectivity index (χ1v) is 4.39. The second-order valence-corrected chi connectivity index (χ2v) is 3.64. The summed E-state index contributed by atoms with van der Waals surface area (Å²) in [4.78, 5) is 11.5. The quantitative estimate of drug-likeness (QED) is 0.600. The zero-order chi connectivity index (χ0) is 8.72. The number of carbonyl (C=O) groups is 1. The first kappa shape index (κ1) is 7.81. The highest BCUT2D eigenvalue weighted by atomic mass is 35.5. The lowest BCUT2D eigenvalue weighted by Gasteiger charge is -1.97. The van der Waals surface area contributed by atoms with Gasteiger partial charge in [0.25, 0.3) is 0 Å². The third-order valence-corrected chi connectivity index (χ3v) is 2.70. The van der Waals surface area contributed by atoms with Crippen molar-refractivity contribution in [3.8, 4) is 0 Å². The van der Waals surface area contributed by atoms with Crippen molar-refractivity contribution in [3.63, 3.8) is 0 Å². The second-order valence-electron chi connectivity index (χ2n) is 3.24. The van der Waals surface area contributed by atoms with E-state index in [1.807, 2.05) is 25.1 Å². The van der Waals surface area contributed by atoms with Gasteiger partial charge in [0.2, 0.25) is 0 Å². The fourth-order valence-electron chi connectivity index (χ4n) is 1.66. The molecule has 0 heterocycles. The van der Waals surface area contributed by atoms with Crippen LogP contribution >= 0.6 is 11.6 Å². The molecule has 1 nitrogen and oxygen atoms in total. The average molecular weight is 181 g/mol. The Labute approximate surface area is 76.4 Å². The Morgan fingerprint density at radius 2 is 2.25 bits per heavy atom. The molecule has 1 aromatic rings. The normalized spacial score (nSPS) is 21.2. The van der Waals surface area contributed by atoms with Crippen LogP contribution in [0.3, 0.4) is 0 Å². The SMILES string of the molecule is C[C@H]1Cc2c(Cl)cccc2C1=O. The van der Waals surface area contributed by atoms with Crippen molar-refractivity contribution >= 4 is 17.4 Å². The first-order valence-electron chi connectivity index (χ1n) is 4.01. The van der Waals surface area contributed by atoms with Crippen molar-refractivity contribution in [2.45, 2.75) is 13.3 Å². The number of Topliss-reactive ketones (excluding diaryl/α,β-unsaturated/α-hetero) is 1. The highest BCUT2D eigenvalue weighted by Gasteiger charge is 2.27. The molecule has 0 amide bonds. The van der Waals surface area contributed by atoms with Gasteiger partial charge >= 0.3 is 0 Å². The van der Waals surface area contributed by atoms with E-state index in [1.54, 1.807) is 0 Å². The van der Waals surface area contributed by atoms with Crippen LogP contribution in [0.5, 0.6) is 0 Å². The monoisotopic (exact) mass is 180 g/mol. The van der Waals surface area contributed by atoms with Gasteiger partial charge in [0.05, 0.1) is 0 Å². The molecule has 0 unspecified atom stereocenters. The molecule has 1 aliphatic carbocycles. The maximum atomic E-state index is 11.5. The van der Waals surface area contributed by atoms with Crippen LogP contribution in [0.2, 0.25) is 5.02 Å². The molecule has 0 spiro atoms. The molecular weight excluding hydrogens is 172 g/mol. The Morgan fingerprint density at radius 1 is 1.50 bits per heavy atom. The van der Waals surface area contributed by atoms with E-state index in [0.717, 1.165) is 22.6 Å². The van der Waals surface area contributed by atoms with E-state index in [1.165, 1.54) is 0 Å². The summed E-state index contributed by atoms with van der Waals surface area (Å²) < 4.78 is 0. The molecule has 0 saturated heterocycles. The number of benzene rings is 1. The summed E-state index contributed by atoms with van der Waals surface area (Å²) in [6, 6.07) is 5.52. The predicted molar refractivity (Wildman–Crippen MR) is 48.7 cm³/mol. The molecule has 0 aliphatic heterocycles. The number of hydrogen-bond donors (Lipinski definition) is 0. The molecule has 0 N–H and O–H groups in total. The number of fused-ring (bicyclic) bond motifs is 1. The summed E-state index contributed by atoms with van der Waals surface area (Å²) in [5.41, 5.74) is 1.84. The van der Waals surface area contributed by atoms with Gasteiger partial charge in [-0.3, -0.25) is 4.79 Å². The molecule has 0 bridgehead atoms. The summed E-state index contributed by atoms with van der Waals surface area (Å²) in [5, 5.41) is 0.727. The zero-order valence-corrected chi connectivity index (χ0v) is 7.56. The first-order chi connectivity index (χ1) is 5.70. The molecule has 0 fully saturated rings. The maximum Gasteiger partial charge on any atom is 0.166 e. The van der Waals surface area contributed by atoms with Crippen molar-refractivity contribution in [1.82, 2.24) is 0 Å². The minimum Gasteiger partial charge on any atom is -0.294 e. The number of halogens is 1. The smallest absolute Gasteiger partial charge is 0.166 e. The second kappa shape index (κ2) is 2.60.